The molecule has 0 amide bonds. The number of ether oxygens (including phenoxy) is 3. The monoisotopic (exact) mass is 273 g/mol. The maximum atomic E-state index is 5.86. The van der Waals surface area contributed by atoms with Gasteiger partial charge in [-0.15, -0.1) is 0 Å². The lowest BCUT2D eigenvalue weighted by atomic mass is 9.98. The van der Waals surface area contributed by atoms with Crippen LogP contribution in [0.4, 0.5) is 0 Å². The van der Waals surface area contributed by atoms with E-state index in [0.717, 1.165) is 26.1 Å². The van der Waals surface area contributed by atoms with Gasteiger partial charge in [-0.1, -0.05) is 19.3 Å². The zero-order chi connectivity index (χ0) is 13.8. The second-order valence-corrected chi connectivity index (χ2v) is 5.01. The second-order valence-electron chi connectivity index (χ2n) is 5.01. The van der Waals surface area contributed by atoms with Crippen molar-refractivity contribution in [2.75, 3.05) is 32.9 Å². The molecule has 114 valence electrons. The summed E-state index contributed by atoms with van der Waals surface area (Å²) in [5.74, 6) is 0. The van der Waals surface area contributed by atoms with Crippen molar-refractivity contribution in [3.63, 3.8) is 0 Å². The highest BCUT2D eigenvalue weighted by Crippen LogP contribution is 2.19. The maximum absolute atomic E-state index is 5.86. The summed E-state index contributed by atoms with van der Waals surface area (Å²) in [6.45, 7) is 8.05. The van der Waals surface area contributed by atoms with Gasteiger partial charge < -0.3 is 19.5 Å². The number of hydrogen-bond donors (Lipinski definition) is 1. The van der Waals surface area contributed by atoms with Crippen molar-refractivity contribution in [2.24, 2.45) is 0 Å². The van der Waals surface area contributed by atoms with Crippen LogP contribution >= 0.6 is 0 Å². The Morgan fingerprint density at radius 2 is 1.68 bits per heavy atom. The van der Waals surface area contributed by atoms with Crippen LogP contribution in [0.1, 0.15) is 52.4 Å². The molecule has 0 bridgehead atoms. The molecule has 1 saturated carbocycles. The topological polar surface area (TPSA) is 39.7 Å². The molecular formula is C15H31NO3. The SMILES string of the molecule is CCOC(CCNCCOC1CCCCC1)OCC. The fourth-order valence-electron chi connectivity index (χ4n) is 2.46. The van der Waals surface area contributed by atoms with E-state index in [9.17, 15) is 0 Å². The van der Waals surface area contributed by atoms with Gasteiger partial charge >= 0.3 is 0 Å². The van der Waals surface area contributed by atoms with E-state index >= 15 is 0 Å². The summed E-state index contributed by atoms with van der Waals surface area (Å²) in [6, 6.07) is 0. The molecule has 1 aliphatic carbocycles. The molecule has 1 rings (SSSR count). The van der Waals surface area contributed by atoms with Crippen molar-refractivity contribution >= 4 is 0 Å². The van der Waals surface area contributed by atoms with Gasteiger partial charge in [0.1, 0.15) is 0 Å². The van der Waals surface area contributed by atoms with E-state index in [4.69, 9.17) is 14.2 Å². The first-order valence-corrected chi connectivity index (χ1v) is 7.92. The summed E-state index contributed by atoms with van der Waals surface area (Å²) in [5.41, 5.74) is 0. The Morgan fingerprint density at radius 3 is 2.32 bits per heavy atom. The number of hydrogen-bond acceptors (Lipinski definition) is 4. The van der Waals surface area contributed by atoms with Crippen LogP contribution in [0.15, 0.2) is 0 Å². The summed E-state index contributed by atoms with van der Waals surface area (Å²) < 4.78 is 16.8. The van der Waals surface area contributed by atoms with E-state index in [1.165, 1.54) is 32.1 Å². The molecule has 0 spiro atoms. The van der Waals surface area contributed by atoms with Gasteiger partial charge in [0.2, 0.25) is 0 Å². The summed E-state index contributed by atoms with van der Waals surface area (Å²) in [5, 5.41) is 3.39. The average molecular weight is 273 g/mol. The molecule has 1 N–H and O–H groups in total. The lowest BCUT2D eigenvalue weighted by Crippen LogP contribution is -2.28. The van der Waals surface area contributed by atoms with E-state index in [2.05, 4.69) is 5.32 Å². The molecule has 1 aliphatic rings. The Balaban J connectivity index is 1.91. The summed E-state index contributed by atoms with van der Waals surface area (Å²) >= 11 is 0. The molecule has 0 atom stereocenters. The summed E-state index contributed by atoms with van der Waals surface area (Å²) in [6.07, 6.45) is 7.88. The minimum absolute atomic E-state index is 0.0678. The molecule has 4 nitrogen and oxygen atoms in total. The standard InChI is InChI=1S/C15H31NO3/c1-3-17-15(18-4-2)10-11-16-12-13-19-14-8-6-5-7-9-14/h14-16H,3-13H2,1-2H3. The van der Waals surface area contributed by atoms with Crippen LogP contribution in [0.25, 0.3) is 0 Å². The molecular weight excluding hydrogens is 242 g/mol. The Hall–Kier alpha value is -0.160. The molecule has 0 heterocycles. The second kappa shape index (κ2) is 11.6. The predicted molar refractivity (Wildman–Crippen MR) is 77.4 cm³/mol. The quantitative estimate of drug-likeness (QED) is 0.464. The normalized spacial score (nSPS) is 17.2. The molecule has 0 aromatic carbocycles. The Kier molecular flexibility index (Phi) is 10.4. The predicted octanol–water partition coefficient (Wildman–Crippen LogP) is 2.71. The molecule has 0 unspecified atom stereocenters. The van der Waals surface area contributed by atoms with Crippen molar-refractivity contribution < 1.29 is 14.2 Å². The summed E-state index contributed by atoms with van der Waals surface area (Å²) in [7, 11) is 0. The van der Waals surface area contributed by atoms with Crippen LogP contribution in [0.2, 0.25) is 0 Å². The third-order valence-corrected chi connectivity index (χ3v) is 3.45. The minimum Gasteiger partial charge on any atom is -0.377 e. The van der Waals surface area contributed by atoms with Crippen LogP contribution in [-0.2, 0) is 14.2 Å². The molecule has 0 aliphatic heterocycles. The highest BCUT2D eigenvalue weighted by molar-refractivity contribution is 4.65. The van der Waals surface area contributed by atoms with Crippen LogP contribution < -0.4 is 5.32 Å². The first-order chi connectivity index (χ1) is 9.36. The minimum atomic E-state index is -0.0678. The molecule has 4 heteroatoms. The smallest absolute Gasteiger partial charge is 0.158 e. The fraction of sp³-hybridized carbons (Fsp3) is 1.00. The van der Waals surface area contributed by atoms with Gasteiger partial charge in [-0.25, -0.2) is 0 Å². The van der Waals surface area contributed by atoms with Gasteiger partial charge in [0.25, 0.3) is 0 Å². The van der Waals surface area contributed by atoms with Crippen molar-refractivity contribution in [1.82, 2.24) is 5.32 Å². The van der Waals surface area contributed by atoms with Crippen molar-refractivity contribution in [2.45, 2.75) is 64.8 Å². The van der Waals surface area contributed by atoms with E-state index in [-0.39, 0.29) is 6.29 Å². The van der Waals surface area contributed by atoms with Crippen molar-refractivity contribution in [3.05, 3.63) is 0 Å². The third kappa shape index (κ3) is 8.58. The third-order valence-electron chi connectivity index (χ3n) is 3.45. The van der Waals surface area contributed by atoms with Gasteiger partial charge in [0.05, 0.1) is 12.7 Å². The molecule has 19 heavy (non-hydrogen) atoms. The van der Waals surface area contributed by atoms with Gasteiger partial charge in [-0.2, -0.15) is 0 Å². The van der Waals surface area contributed by atoms with E-state index in [1.807, 2.05) is 13.8 Å². The van der Waals surface area contributed by atoms with Crippen LogP contribution in [0, 0.1) is 0 Å². The number of rotatable bonds is 11. The first-order valence-electron chi connectivity index (χ1n) is 7.92. The lowest BCUT2D eigenvalue weighted by Gasteiger charge is -2.22. The van der Waals surface area contributed by atoms with Gasteiger partial charge in [0, 0.05) is 32.7 Å². The molecule has 0 aromatic rings. The van der Waals surface area contributed by atoms with E-state index in [0.29, 0.717) is 19.3 Å². The van der Waals surface area contributed by atoms with Crippen LogP contribution in [-0.4, -0.2) is 45.3 Å². The Labute approximate surface area is 118 Å². The Morgan fingerprint density at radius 1 is 1.00 bits per heavy atom. The highest BCUT2D eigenvalue weighted by atomic mass is 16.7. The summed E-state index contributed by atoms with van der Waals surface area (Å²) in [4.78, 5) is 0. The first kappa shape index (κ1) is 16.9. The van der Waals surface area contributed by atoms with Crippen molar-refractivity contribution in [3.8, 4) is 0 Å². The van der Waals surface area contributed by atoms with E-state index in [1.54, 1.807) is 0 Å². The van der Waals surface area contributed by atoms with Gasteiger partial charge in [0.15, 0.2) is 6.29 Å². The van der Waals surface area contributed by atoms with Gasteiger partial charge in [-0.3, -0.25) is 0 Å². The molecule has 0 aromatic heterocycles. The largest absolute Gasteiger partial charge is 0.377 e. The molecule has 1 fully saturated rings. The Bertz CT molecular complexity index is 190. The van der Waals surface area contributed by atoms with Crippen LogP contribution in [0.3, 0.4) is 0 Å². The van der Waals surface area contributed by atoms with Gasteiger partial charge in [-0.05, 0) is 26.7 Å². The number of nitrogens with one attached hydrogen (secondary N) is 1. The zero-order valence-corrected chi connectivity index (χ0v) is 12.7. The van der Waals surface area contributed by atoms with E-state index < -0.39 is 0 Å². The maximum Gasteiger partial charge on any atom is 0.158 e. The lowest BCUT2D eigenvalue weighted by molar-refractivity contribution is -0.138. The van der Waals surface area contributed by atoms with Crippen LogP contribution in [0.5, 0.6) is 0 Å². The highest BCUT2D eigenvalue weighted by Gasteiger charge is 2.13. The molecule has 0 saturated heterocycles. The van der Waals surface area contributed by atoms with Crippen molar-refractivity contribution in [1.29, 1.82) is 0 Å². The fourth-order valence-corrected chi connectivity index (χ4v) is 2.46. The zero-order valence-electron chi connectivity index (χ0n) is 12.7. The average Bonchev–Trinajstić information content (AvgIpc) is 2.44. The molecule has 0 radical (unpaired) electrons.